The van der Waals surface area contributed by atoms with Crippen molar-refractivity contribution in [2.24, 2.45) is 40.4 Å². The number of benzene rings is 8. The third-order valence-corrected chi connectivity index (χ3v) is 30.1. The van der Waals surface area contributed by atoms with E-state index in [0.29, 0.717) is 51.5 Å². The van der Waals surface area contributed by atoms with Crippen molar-refractivity contribution in [1.29, 1.82) is 0 Å². The summed E-state index contributed by atoms with van der Waals surface area (Å²) in [5.74, 6) is 5.44. The Labute approximate surface area is 800 Å². The molecule has 3 fully saturated rings. The second kappa shape index (κ2) is 41.6. The average Bonchev–Trinajstić information content (AvgIpc) is 1.57. The zero-order chi connectivity index (χ0) is 87.9. The standard InChI is InChI=1S/C85H104F2N2O4.C19H36NSi.C5H8.5CH3.Ti.Zr/c1-50(92-74-35-29-58(86)46-64(74)66-42-56(84(21,22)48-78(3,4)5)44-72(76(66)90)88-68-31-25-52(80(9,10)11)38-60(68)61-39-53(81(12,13)14)26-32-69(61)88)37-51(2)93-75-36-30-59(87)47-65(75)67-43-57(85(23,24)49-79(6,7)8)45-73(77(67)91)89-70-33-27-54(82(15,16)17)40-62(70)63-41-55(83(18,19)20)28-34-71(63)89;1-13-10-16-11-14-8-7-9-15(14)12-17(16)18(13)21(5,6)20-19(2,3)4;1-3-5-4-2;;;;;;;/h25-36,38-47,50-51,90-91H,37,48-49H2,1-24H3;13-18H,7-12H2,1-6H3;3-5H,1H2,2H3;5*1H3;;/q;-1;;5*-1;+4;/p+2/b;;5-4+;;;;;;;. The van der Waals surface area contributed by atoms with Crippen LogP contribution in [-0.4, -0.2) is 54.8 Å². The number of halogens is 2. The molecule has 0 saturated heterocycles. The van der Waals surface area contributed by atoms with Crippen LogP contribution in [0, 0.1) is 89.2 Å². The Bertz CT molecular complexity index is 4970. The molecule has 3 aliphatic rings. The first-order valence-electron chi connectivity index (χ1n) is 44.8. The van der Waals surface area contributed by atoms with Crippen molar-refractivity contribution in [1.82, 2.24) is 9.13 Å². The van der Waals surface area contributed by atoms with Crippen molar-refractivity contribution in [2.45, 2.75) is 327 Å². The van der Waals surface area contributed by atoms with Crippen LogP contribution in [0.15, 0.2) is 158 Å². The fourth-order valence-corrected chi connectivity index (χ4v) is 26.6. The van der Waals surface area contributed by atoms with Gasteiger partial charge in [-0.1, -0.05) is 275 Å². The van der Waals surface area contributed by atoms with Crippen LogP contribution in [0.3, 0.4) is 0 Å². The molecule has 686 valence electrons. The number of hydrogen-bond donors (Lipinski definition) is 2. The maximum Gasteiger partial charge on any atom is 4.00 e. The van der Waals surface area contributed by atoms with Crippen molar-refractivity contribution in [3.05, 3.63) is 245 Å². The van der Waals surface area contributed by atoms with Crippen molar-refractivity contribution < 1.29 is 76.4 Å². The molecule has 4 N–H and O–H groups in total. The van der Waals surface area contributed by atoms with Gasteiger partial charge in [-0.15, -0.1) is 5.54 Å². The Hall–Kier alpha value is -6.33. The molecule has 12 heteroatoms. The van der Waals surface area contributed by atoms with Gasteiger partial charge in [-0.25, -0.2) is 8.78 Å². The predicted molar refractivity (Wildman–Crippen MR) is 544 cm³/mol. The summed E-state index contributed by atoms with van der Waals surface area (Å²) < 4.78 is 47.4. The molecule has 0 bridgehead atoms. The van der Waals surface area contributed by atoms with E-state index in [0.717, 1.165) is 103 Å². The quantitative estimate of drug-likeness (QED) is 0.0412. The molecule has 10 aromatic rings. The van der Waals surface area contributed by atoms with Crippen LogP contribution >= 0.6 is 0 Å². The predicted octanol–water partition coefficient (Wildman–Crippen LogP) is 34.1. The summed E-state index contributed by atoms with van der Waals surface area (Å²) in [6.07, 6.45) is 16.3. The topological polar surface area (TPSA) is 90.0 Å². The van der Waals surface area contributed by atoms with Crippen LogP contribution in [0.5, 0.6) is 23.0 Å². The van der Waals surface area contributed by atoms with E-state index in [9.17, 15) is 10.2 Å². The molecular weight excluding hydrogens is 1680 g/mol. The molecule has 126 heavy (non-hydrogen) atoms. The van der Waals surface area contributed by atoms with Crippen LogP contribution in [0.4, 0.5) is 8.78 Å². The van der Waals surface area contributed by atoms with E-state index in [4.69, 9.17) is 14.5 Å². The number of hydrogen-bond acceptors (Lipinski definition) is 2. The number of aliphatic hydroxyl groups is 2. The Morgan fingerprint density at radius 3 is 1.09 bits per heavy atom. The van der Waals surface area contributed by atoms with Gasteiger partial charge in [-0.3, -0.25) is 0 Å². The van der Waals surface area contributed by atoms with Crippen LogP contribution in [0.25, 0.3) is 82.2 Å². The average molecular weight is 1850 g/mol. The first kappa shape index (κ1) is 112. The minimum Gasteiger partial charge on any atom is -0.660 e. The van der Waals surface area contributed by atoms with Gasteiger partial charge >= 0.3 is 21.7 Å². The molecule has 0 spiro atoms. The van der Waals surface area contributed by atoms with Crippen molar-refractivity contribution in [2.75, 3.05) is 0 Å². The molecule has 8 aromatic carbocycles. The molecule has 3 aliphatic carbocycles. The maximum atomic E-state index is 16.1. The third-order valence-electron chi connectivity index (χ3n) is 26.2. The molecule has 13 rings (SSSR count). The smallest absolute Gasteiger partial charge is 0.660 e. The van der Waals surface area contributed by atoms with Crippen LogP contribution in [0.2, 0.25) is 18.6 Å². The number of phenols is 2. The van der Waals surface area contributed by atoms with Crippen molar-refractivity contribution >= 4 is 51.8 Å². The number of aromatic nitrogens is 2. The van der Waals surface area contributed by atoms with E-state index in [1.54, 1.807) is 37.5 Å². The molecule has 2 aromatic heterocycles. The molecular formula is C114H165F2N3O4SiTiZr. The SMILES string of the molecule is C=C/C=C/C.CC(CC(C)[OH+]c1ccc(F)cc1-c1cc(C(C)(C)CC(C)(C)C)cc(-n2c3ccc(C(C)(C)C)cc3c3cc(C(C)(C)C)ccc32)c1O)[OH+]c1ccc(F)cc1-c1cc(C(C)(C)CC(C)(C)C)cc(-n2c3ccc(C(C)(C)C)cc3c3cc(C(C)(C)C)ccc32)c1O.CC1CC2CC3CCCC3CC2C1[Si](C)(C)[N-]C(C)(C)C.[CH3-].[CH3-].[CH3-].[CH3-].[CH3-].[Ti+4].[Zr]. The Morgan fingerprint density at radius 2 is 0.794 bits per heavy atom. The van der Waals surface area contributed by atoms with Gasteiger partial charge in [0.1, 0.15) is 29.6 Å². The number of aromatic hydroxyl groups is 4. The second-order valence-electron chi connectivity index (χ2n) is 45.9. The molecule has 8 atom stereocenters. The monoisotopic (exact) mass is 1840 g/mol. The Morgan fingerprint density at radius 1 is 0.460 bits per heavy atom. The number of rotatable bonds is 17. The van der Waals surface area contributed by atoms with Crippen molar-refractivity contribution in [3.8, 4) is 56.6 Å². The van der Waals surface area contributed by atoms with Gasteiger partial charge in [0, 0.05) is 84.9 Å². The summed E-state index contributed by atoms with van der Waals surface area (Å²) in [5.41, 5.74) is 13.8. The fourth-order valence-electron chi connectivity index (χ4n) is 21.7. The zero-order valence-corrected chi connectivity index (χ0v) is 90.0. The van der Waals surface area contributed by atoms with Gasteiger partial charge in [0.05, 0.1) is 44.6 Å². The van der Waals surface area contributed by atoms with E-state index in [1.165, 1.54) is 65.8 Å². The first-order valence-corrected chi connectivity index (χ1v) is 47.8. The van der Waals surface area contributed by atoms with Crippen LogP contribution in [-0.2, 0) is 80.4 Å². The summed E-state index contributed by atoms with van der Waals surface area (Å²) in [6, 6.07) is 44.5. The number of allylic oxidation sites excluding steroid dienone is 3. The molecule has 3 saturated carbocycles. The molecule has 0 amide bonds. The zero-order valence-electron chi connectivity index (χ0n) is 85.0. The maximum absolute atomic E-state index is 16.1. The summed E-state index contributed by atoms with van der Waals surface area (Å²) in [4.78, 5) is 5.39. The molecule has 0 aliphatic heterocycles. The largest absolute Gasteiger partial charge is 4.00 e. The van der Waals surface area contributed by atoms with E-state index in [2.05, 4.69) is 294 Å². The van der Waals surface area contributed by atoms with Gasteiger partial charge in [0.15, 0.2) is 12.2 Å². The third kappa shape index (κ3) is 25.3. The Kier molecular flexibility index (Phi) is 37.0. The fraction of sp³-hybridized carbons (Fsp3) is 0.500. The van der Waals surface area contributed by atoms with Crippen LogP contribution in [0.1, 0.15) is 292 Å². The molecule has 8 unspecified atom stereocenters. The normalized spacial score (nSPS) is 18.0. The van der Waals surface area contributed by atoms with E-state index < -0.39 is 19.9 Å². The summed E-state index contributed by atoms with van der Waals surface area (Å²) in [5, 5.41) is 30.7. The second-order valence-corrected chi connectivity index (χ2v) is 50.1. The molecule has 7 nitrogen and oxygen atoms in total. The number of fused-ring (bicyclic) bond motifs is 8. The summed E-state index contributed by atoms with van der Waals surface area (Å²) in [6.45, 7) is 73.4. The minimum atomic E-state index is -1.50. The van der Waals surface area contributed by atoms with Gasteiger partial charge in [-0.2, -0.15) is 0 Å². The summed E-state index contributed by atoms with van der Waals surface area (Å²) >= 11 is 0. The van der Waals surface area contributed by atoms with Gasteiger partial charge in [0.25, 0.3) is 11.5 Å². The Balaban J connectivity index is 0.000000862. The van der Waals surface area contributed by atoms with Gasteiger partial charge < -0.3 is 70.9 Å². The molecule has 0 radical (unpaired) electrons. The molecule has 2 heterocycles. The number of phenolic OH excluding ortho intramolecular Hbond substituents is 2. The number of nitrogens with zero attached hydrogens (tertiary/aromatic N) is 3. The minimum absolute atomic E-state index is 0. The van der Waals surface area contributed by atoms with E-state index >= 15 is 8.78 Å². The van der Waals surface area contributed by atoms with Crippen LogP contribution < -0.4 is 0 Å². The number of ether oxygens (including phenoxy) is 2. The van der Waals surface area contributed by atoms with Crippen molar-refractivity contribution in [3.63, 3.8) is 0 Å². The van der Waals surface area contributed by atoms with Gasteiger partial charge in [-0.05, 0) is 242 Å². The van der Waals surface area contributed by atoms with E-state index in [1.807, 2.05) is 45.1 Å². The van der Waals surface area contributed by atoms with E-state index in [-0.39, 0.29) is 158 Å². The summed E-state index contributed by atoms with van der Waals surface area (Å²) in [7, 11) is -1.50. The first-order chi connectivity index (χ1) is 54.9. The van der Waals surface area contributed by atoms with Gasteiger partial charge in [0.2, 0.25) is 0 Å².